The van der Waals surface area contributed by atoms with Crippen LogP contribution in [0.25, 0.3) is 0 Å². The van der Waals surface area contributed by atoms with Gasteiger partial charge in [0.05, 0.1) is 22.6 Å². The van der Waals surface area contributed by atoms with Crippen molar-refractivity contribution < 1.29 is 4.79 Å². The summed E-state index contributed by atoms with van der Waals surface area (Å²) in [6, 6.07) is 13.9. The van der Waals surface area contributed by atoms with E-state index in [1.807, 2.05) is 30.0 Å². The third-order valence-electron chi connectivity index (χ3n) is 5.63. The molecule has 2 aromatic rings. The summed E-state index contributed by atoms with van der Waals surface area (Å²) in [6.07, 6.45) is 2.47. The fraction of sp³-hybridized carbons (Fsp3) is 0.435. The van der Waals surface area contributed by atoms with Crippen LogP contribution in [-0.4, -0.2) is 56.0 Å². The van der Waals surface area contributed by atoms with Crippen molar-refractivity contribution in [2.24, 2.45) is 0 Å². The van der Waals surface area contributed by atoms with Gasteiger partial charge in [0.25, 0.3) is 0 Å². The number of halogens is 2. The molecule has 0 aromatic heterocycles. The van der Waals surface area contributed by atoms with Crippen molar-refractivity contribution in [3.05, 3.63) is 63.6 Å². The van der Waals surface area contributed by atoms with Gasteiger partial charge in [0.15, 0.2) is 0 Å². The molecule has 1 fully saturated rings. The largest absolute Gasteiger partial charge is 0.365 e. The van der Waals surface area contributed by atoms with E-state index in [2.05, 4.69) is 36.1 Å². The molecule has 1 heterocycles. The highest BCUT2D eigenvalue weighted by atomic mass is 35.5. The molecule has 1 atom stereocenters. The summed E-state index contributed by atoms with van der Waals surface area (Å²) in [7, 11) is 3.81. The van der Waals surface area contributed by atoms with Crippen molar-refractivity contribution in [2.75, 3.05) is 45.2 Å². The first-order chi connectivity index (χ1) is 13.8. The molecule has 1 unspecified atom stereocenters. The second-order valence-electron chi connectivity index (χ2n) is 7.90. The number of rotatable bonds is 7. The molecule has 29 heavy (non-hydrogen) atoms. The second kappa shape index (κ2) is 9.84. The molecule has 0 radical (unpaired) electrons. The van der Waals surface area contributed by atoms with Crippen molar-refractivity contribution >= 4 is 34.8 Å². The van der Waals surface area contributed by atoms with Crippen LogP contribution in [-0.2, 0) is 4.79 Å². The number of carbonyl (C=O) groups is 1. The summed E-state index contributed by atoms with van der Waals surface area (Å²) < 4.78 is 0. The Morgan fingerprint density at radius 3 is 2.45 bits per heavy atom. The molecule has 3 rings (SSSR count). The minimum Gasteiger partial charge on any atom is -0.365 e. The van der Waals surface area contributed by atoms with Crippen LogP contribution in [0.5, 0.6) is 0 Å². The molecule has 1 aliphatic rings. The number of amides is 1. The number of likely N-dealkylation sites (tertiary alicyclic amines) is 1. The zero-order valence-electron chi connectivity index (χ0n) is 17.4. The monoisotopic (exact) mass is 433 g/mol. The molecule has 6 heteroatoms. The van der Waals surface area contributed by atoms with Gasteiger partial charge >= 0.3 is 0 Å². The molecule has 2 aromatic carbocycles. The molecule has 1 saturated heterocycles. The summed E-state index contributed by atoms with van der Waals surface area (Å²) in [5, 5.41) is 1.00. The van der Waals surface area contributed by atoms with E-state index >= 15 is 0 Å². The summed E-state index contributed by atoms with van der Waals surface area (Å²) >= 11 is 12.2. The number of aryl methyl sites for hydroxylation is 1. The third-order valence-corrected chi connectivity index (χ3v) is 6.37. The summed E-state index contributed by atoms with van der Waals surface area (Å²) in [5.74, 6) is 0.0734. The molecule has 156 valence electrons. The molecule has 1 aliphatic heterocycles. The smallest absolute Gasteiger partial charge is 0.242 e. The van der Waals surface area contributed by atoms with E-state index < -0.39 is 0 Å². The lowest BCUT2D eigenvalue weighted by Crippen LogP contribution is -2.42. The van der Waals surface area contributed by atoms with Gasteiger partial charge in [-0.2, -0.15) is 0 Å². The van der Waals surface area contributed by atoms with Gasteiger partial charge in [-0.05, 0) is 56.6 Å². The standard InChI is InChI=1S/C23H29Cl2N3O/c1-17-7-6-8-18(13-17)22(15-28-11-4-5-12-28)27(3)23(29)16-26(2)19-9-10-20(24)21(25)14-19/h6-10,13-14,22H,4-5,11-12,15-16H2,1-3H3. The number of hydrogen-bond acceptors (Lipinski definition) is 3. The third kappa shape index (κ3) is 5.65. The van der Waals surface area contributed by atoms with E-state index in [1.54, 1.807) is 12.1 Å². The predicted molar refractivity (Wildman–Crippen MR) is 122 cm³/mol. The van der Waals surface area contributed by atoms with Gasteiger partial charge in [-0.15, -0.1) is 0 Å². The lowest BCUT2D eigenvalue weighted by Gasteiger charge is -2.33. The van der Waals surface area contributed by atoms with Crippen LogP contribution in [0.4, 0.5) is 5.69 Å². The van der Waals surface area contributed by atoms with Crippen molar-refractivity contribution in [1.82, 2.24) is 9.80 Å². The molecule has 0 bridgehead atoms. The lowest BCUT2D eigenvalue weighted by atomic mass is 10.0. The predicted octanol–water partition coefficient (Wildman–Crippen LogP) is 5.03. The number of benzene rings is 2. The Morgan fingerprint density at radius 2 is 1.79 bits per heavy atom. The van der Waals surface area contributed by atoms with Crippen LogP contribution in [0.2, 0.25) is 10.0 Å². The van der Waals surface area contributed by atoms with Crippen LogP contribution < -0.4 is 4.90 Å². The van der Waals surface area contributed by atoms with E-state index in [-0.39, 0.29) is 18.5 Å². The molecular formula is C23H29Cl2N3O. The van der Waals surface area contributed by atoms with E-state index in [0.717, 1.165) is 25.3 Å². The Labute approximate surface area is 184 Å². The zero-order valence-corrected chi connectivity index (χ0v) is 18.9. The number of anilines is 1. The number of hydrogen-bond donors (Lipinski definition) is 0. The minimum atomic E-state index is 0.0303. The number of carbonyl (C=O) groups excluding carboxylic acids is 1. The van der Waals surface area contributed by atoms with E-state index in [4.69, 9.17) is 23.2 Å². The van der Waals surface area contributed by atoms with Crippen molar-refractivity contribution in [1.29, 1.82) is 0 Å². The Bertz CT molecular complexity index is 852. The summed E-state index contributed by atoms with van der Waals surface area (Å²) in [6.45, 7) is 5.44. The van der Waals surface area contributed by atoms with Gasteiger partial charge < -0.3 is 14.7 Å². The van der Waals surface area contributed by atoms with E-state index in [9.17, 15) is 4.79 Å². The highest BCUT2D eigenvalue weighted by molar-refractivity contribution is 6.42. The molecular weight excluding hydrogens is 405 g/mol. The quantitative estimate of drug-likeness (QED) is 0.612. The second-order valence-corrected chi connectivity index (χ2v) is 8.71. The van der Waals surface area contributed by atoms with Gasteiger partial charge in [-0.25, -0.2) is 0 Å². The van der Waals surface area contributed by atoms with Crippen molar-refractivity contribution in [2.45, 2.75) is 25.8 Å². The Morgan fingerprint density at radius 1 is 1.07 bits per heavy atom. The van der Waals surface area contributed by atoms with Gasteiger partial charge in [-0.1, -0.05) is 53.0 Å². The van der Waals surface area contributed by atoms with Gasteiger partial charge in [0.2, 0.25) is 5.91 Å². The lowest BCUT2D eigenvalue weighted by molar-refractivity contribution is -0.131. The first kappa shape index (κ1) is 21.9. The Balaban J connectivity index is 1.75. The maximum absolute atomic E-state index is 13.2. The highest BCUT2D eigenvalue weighted by Crippen LogP contribution is 2.28. The van der Waals surface area contributed by atoms with E-state index in [1.165, 1.54) is 24.0 Å². The Hall–Kier alpha value is -1.75. The molecule has 0 spiro atoms. The van der Waals surface area contributed by atoms with Crippen LogP contribution >= 0.6 is 23.2 Å². The van der Waals surface area contributed by atoms with Gasteiger partial charge in [-0.3, -0.25) is 4.79 Å². The summed E-state index contributed by atoms with van der Waals surface area (Å²) in [5.41, 5.74) is 3.26. The normalized spacial score (nSPS) is 15.3. The van der Waals surface area contributed by atoms with Gasteiger partial charge in [0.1, 0.15) is 0 Å². The topological polar surface area (TPSA) is 26.8 Å². The average Bonchev–Trinajstić information content (AvgIpc) is 3.21. The number of likely N-dealkylation sites (N-methyl/N-ethyl adjacent to an activating group) is 2. The Kier molecular flexibility index (Phi) is 7.44. The molecule has 0 aliphatic carbocycles. The maximum atomic E-state index is 13.2. The molecule has 0 N–H and O–H groups in total. The first-order valence-corrected chi connectivity index (χ1v) is 10.8. The SMILES string of the molecule is Cc1cccc(C(CN2CCCC2)N(C)C(=O)CN(C)c2ccc(Cl)c(Cl)c2)c1. The van der Waals surface area contributed by atoms with Crippen LogP contribution in [0.15, 0.2) is 42.5 Å². The molecule has 1 amide bonds. The number of nitrogens with zero attached hydrogens (tertiary/aromatic N) is 3. The first-order valence-electron chi connectivity index (χ1n) is 10.1. The highest BCUT2D eigenvalue weighted by Gasteiger charge is 2.26. The minimum absolute atomic E-state index is 0.0303. The van der Waals surface area contributed by atoms with E-state index in [0.29, 0.717) is 10.0 Å². The van der Waals surface area contributed by atoms with Crippen LogP contribution in [0.3, 0.4) is 0 Å². The maximum Gasteiger partial charge on any atom is 0.242 e. The fourth-order valence-electron chi connectivity index (χ4n) is 3.84. The van der Waals surface area contributed by atoms with Crippen LogP contribution in [0, 0.1) is 6.92 Å². The van der Waals surface area contributed by atoms with Crippen LogP contribution in [0.1, 0.15) is 30.0 Å². The molecule has 0 saturated carbocycles. The summed E-state index contributed by atoms with van der Waals surface area (Å²) in [4.78, 5) is 19.4. The zero-order chi connectivity index (χ0) is 21.0. The molecule has 4 nitrogen and oxygen atoms in total. The van der Waals surface area contributed by atoms with Crippen molar-refractivity contribution in [3.8, 4) is 0 Å². The average molecular weight is 434 g/mol. The van der Waals surface area contributed by atoms with Gasteiger partial charge in [0, 0.05) is 26.3 Å². The fourth-order valence-corrected chi connectivity index (χ4v) is 4.13. The van der Waals surface area contributed by atoms with Crippen molar-refractivity contribution in [3.63, 3.8) is 0 Å².